The Morgan fingerprint density at radius 2 is 2.15 bits per heavy atom. The van der Waals surface area contributed by atoms with Crippen LogP contribution in [0, 0.1) is 12.3 Å². The van der Waals surface area contributed by atoms with Crippen LogP contribution < -0.4 is 10.6 Å². The fourth-order valence-corrected chi connectivity index (χ4v) is 1.81. The summed E-state index contributed by atoms with van der Waals surface area (Å²) in [5.74, 6) is 1.36. The highest BCUT2D eigenvalue weighted by atomic mass is 35.5. The lowest BCUT2D eigenvalue weighted by Gasteiger charge is -2.15. The van der Waals surface area contributed by atoms with E-state index in [1.54, 1.807) is 0 Å². The number of nitrogens with one attached hydrogen (secondary N) is 2. The minimum absolute atomic E-state index is 0.00321. The second kappa shape index (κ2) is 7.41. The van der Waals surface area contributed by atoms with Crippen molar-refractivity contribution in [1.29, 1.82) is 0 Å². The molecule has 1 aromatic carbocycles. The van der Waals surface area contributed by atoms with Crippen LogP contribution >= 0.6 is 11.6 Å². The summed E-state index contributed by atoms with van der Waals surface area (Å²) < 4.78 is 0. The van der Waals surface area contributed by atoms with Crippen molar-refractivity contribution in [2.45, 2.75) is 25.8 Å². The summed E-state index contributed by atoms with van der Waals surface area (Å²) in [4.78, 5) is 22.7. The van der Waals surface area contributed by atoms with Crippen molar-refractivity contribution in [2.24, 2.45) is 0 Å². The Kier molecular flexibility index (Phi) is 5.88. The zero-order chi connectivity index (χ0) is 15.1. The predicted molar refractivity (Wildman–Crippen MR) is 78.1 cm³/mol. The topological polar surface area (TPSA) is 78.4 Å². The molecule has 0 fully saturated rings. The molecule has 1 aromatic rings. The molecule has 0 saturated heterocycles. The molecule has 0 aromatic heterocycles. The molecule has 5 nitrogen and oxygen atoms in total. The van der Waals surface area contributed by atoms with E-state index < -0.39 is 12.0 Å². The van der Waals surface area contributed by atoms with Crippen molar-refractivity contribution in [3.8, 4) is 12.3 Å². The van der Waals surface area contributed by atoms with E-state index >= 15 is 0 Å². The number of hydrogen-bond acceptors (Lipinski definition) is 2. The molecule has 6 heteroatoms. The minimum atomic E-state index is -1.12. The summed E-state index contributed by atoms with van der Waals surface area (Å²) in [5.41, 5.74) is 0.312. The van der Waals surface area contributed by atoms with Crippen LogP contribution in [0.3, 0.4) is 0 Å². The van der Waals surface area contributed by atoms with Crippen LogP contribution in [0.25, 0.3) is 0 Å². The van der Waals surface area contributed by atoms with Crippen molar-refractivity contribution in [1.82, 2.24) is 5.32 Å². The molecular formula is C14H15ClN2O3. The minimum Gasteiger partial charge on any atom is -0.478 e. The summed E-state index contributed by atoms with van der Waals surface area (Å²) >= 11 is 5.80. The highest BCUT2D eigenvalue weighted by Gasteiger charge is 2.11. The zero-order valence-corrected chi connectivity index (χ0v) is 11.7. The molecule has 106 valence electrons. The number of rotatable bonds is 5. The molecular weight excluding hydrogens is 280 g/mol. The van der Waals surface area contributed by atoms with Gasteiger partial charge in [-0.25, -0.2) is 9.59 Å². The van der Waals surface area contributed by atoms with Gasteiger partial charge < -0.3 is 15.7 Å². The van der Waals surface area contributed by atoms with Crippen LogP contribution in [-0.2, 0) is 0 Å². The molecule has 0 aliphatic carbocycles. The van der Waals surface area contributed by atoms with Gasteiger partial charge in [0.25, 0.3) is 0 Å². The van der Waals surface area contributed by atoms with Gasteiger partial charge in [-0.1, -0.05) is 18.5 Å². The van der Waals surface area contributed by atoms with Crippen LogP contribution in [0.1, 0.15) is 30.1 Å². The number of carboxylic acids is 1. The highest BCUT2D eigenvalue weighted by Crippen LogP contribution is 2.19. The maximum Gasteiger partial charge on any atom is 0.335 e. The molecule has 0 aliphatic heterocycles. The lowest BCUT2D eigenvalue weighted by molar-refractivity contribution is 0.0697. The van der Waals surface area contributed by atoms with Crippen molar-refractivity contribution in [3.63, 3.8) is 0 Å². The first-order valence-electron chi connectivity index (χ1n) is 6.01. The normalized spacial score (nSPS) is 11.2. The van der Waals surface area contributed by atoms with Crippen LogP contribution in [0.15, 0.2) is 18.2 Å². The summed E-state index contributed by atoms with van der Waals surface area (Å²) in [5, 5.41) is 14.4. The van der Waals surface area contributed by atoms with E-state index in [1.165, 1.54) is 18.2 Å². The van der Waals surface area contributed by atoms with Crippen LogP contribution in [0.4, 0.5) is 10.5 Å². The molecule has 3 N–H and O–H groups in total. The third-order valence-electron chi connectivity index (χ3n) is 2.59. The first kappa shape index (κ1) is 15.9. The number of carbonyl (C=O) groups excluding carboxylic acids is 1. The number of terminal acetylenes is 1. The smallest absolute Gasteiger partial charge is 0.335 e. The van der Waals surface area contributed by atoms with Gasteiger partial charge in [-0.15, -0.1) is 12.3 Å². The molecule has 1 atom stereocenters. The molecule has 0 aliphatic rings. The molecule has 0 radical (unpaired) electrons. The molecule has 1 unspecified atom stereocenters. The van der Waals surface area contributed by atoms with Gasteiger partial charge in [0.05, 0.1) is 5.56 Å². The summed E-state index contributed by atoms with van der Waals surface area (Å²) in [6.07, 6.45) is 6.33. The molecule has 0 spiro atoms. The average molecular weight is 295 g/mol. The summed E-state index contributed by atoms with van der Waals surface area (Å²) in [6, 6.07) is 3.52. The third kappa shape index (κ3) is 4.82. The number of aromatic carboxylic acids is 1. The number of anilines is 1. The molecule has 0 heterocycles. The van der Waals surface area contributed by atoms with Crippen molar-refractivity contribution >= 4 is 29.3 Å². The number of amides is 2. The van der Waals surface area contributed by atoms with Gasteiger partial charge in [0.2, 0.25) is 0 Å². The number of carbonyl (C=O) groups is 2. The van der Waals surface area contributed by atoms with Crippen molar-refractivity contribution in [3.05, 3.63) is 28.8 Å². The predicted octanol–water partition coefficient (Wildman–Crippen LogP) is 2.96. The van der Waals surface area contributed by atoms with Crippen molar-refractivity contribution < 1.29 is 14.7 Å². The van der Waals surface area contributed by atoms with Crippen LogP contribution in [-0.4, -0.2) is 23.1 Å². The van der Waals surface area contributed by atoms with E-state index in [2.05, 4.69) is 16.6 Å². The highest BCUT2D eigenvalue weighted by molar-refractivity contribution is 6.31. The van der Waals surface area contributed by atoms with Crippen LogP contribution in [0.5, 0.6) is 0 Å². The lowest BCUT2D eigenvalue weighted by atomic mass is 10.1. The first-order chi connectivity index (χ1) is 9.46. The van der Waals surface area contributed by atoms with E-state index in [0.717, 1.165) is 0 Å². The van der Waals surface area contributed by atoms with E-state index in [0.29, 0.717) is 18.5 Å². The van der Waals surface area contributed by atoms with E-state index in [9.17, 15) is 9.59 Å². The molecule has 2 amide bonds. The Morgan fingerprint density at radius 3 is 2.70 bits per heavy atom. The number of urea groups is 1. The summed E-state index contributed by atoms with van der Waals surface area (Å²) in [6.45, 7) is 1.91. The maximum absolute atomic E-state index is 11.8. The molecule has 0 bridgehead atoms. The van der Waals surface area contributed by atoms with Crippen LogP contribution in [0.2, 0.25) is 5.02 Å². The zero-order valence-electron chi connectivity index (χ0n) is 10.9. The second-order valence-electron chi connectivity index (χ2n) is 4.15. The molecule has 0 saturated carbocycles. The van der Waals surface area contributed by atoms with Gasteiger partial charge in [-0.05, 0) is 24.6 Å². The summed E-state index contributed by atoms with van der Waals surface area (Å²) in [7, 11) is 0. The van der Waals surface area contributed by atoms with Crippen molar-refractivity contribution in [2.75, 3.05) is 5.32 Å². The number of benzene rings is 1. The SMILES string of the molecule is C#CCC(CC)NC(=O)Nc1cc(Cl)cc(C(=O)O)c1. The van der Waals surface area contributed by atoms with E-state index in [1.807, 2.05) is 6.92 Å². The second-order valence-corrected chi connectivity index (χ2v) is 4.58. The fourth-order valence-electron chi connectivity index (χ4n) is 1.58. The largest absolute Gasteiger partial charge is 0.478 e. The van der Waals surface area contributed by atoms with Gasteiger partial charge >= 0.3 is 12.0 Å². The monoisotopic (exact) mass is 294 g/mol. The molecule has 20 heavy (non-hydrogen) atoms. The maximum atomic E-state index is 11.8. The fraction of sp³-hybridized carbons (Fsp3) is 0.286. The standard InChI is InChI=1S/C14H15ClN2O3/c1-3-5-11(4-2)16-14(20)17-12-7-9(13(18)19)6-10(15)8-12/h1,6-8,11H,4-5H2,2H3,(H,18,19)(H2,16,17,20). The van der Waals surface area contributed by atoms with Gasteiger partial charge in [0.1, 0.15) is 0 Å². The average Bonchev–Trinajstić information content (AvgIpc) is 2.37. The number of hydrogen-bond donors (Lipinski definition) is 3. The quantitative estimate of drug-likeness (QED) is 0.731. The number of carboxylic acid groups (broad SMARTS) is 1. The Bertz CT molecular complexity index is 552. The Labute approximate surface area is 122 Å². The van der Waals surface area contributed by atoms with E-state index in [4.69, 9.17) is 23.1 Å². The Balaban J connectivity index is 2.75. The van der Waals surface area contributed by atoms with Gasteiger partial charge in [-0.3, -0.25) is 0 Å². The van der Waals surface area contributed by atoms with E-state index in [-0.39, 0.29) is 16.6 Å². The van der Waals surface area contributed by atoms with Gasteiger partial charge in [-0.2, -0.15) is 0 Å². The lowest BCUT2D eigenvalue weighted by Crippen LogP contribution is -2.37. The Hall–Kier alpha value is -2.19. The van der Waals surface area contributed by atoms with Gasteiger partial charge in [0, 0.05) is 23.2 Å². The number of halogens is 1. The molecule has 1 rings (SSSR count). The van der Waals surface area contributed by atoms with Gasteiger partial charge in [0.15, 0.2) is 0 Å². The first-order valence-corrected chi connectivity index (χ1v) is 6.39. The third-order valence-corrected chi connectivity index (χ3v) is 2.81. The Morgan fingerprint density at radius 1 is 1.45 bits per heavy atom.